The van der Waals surface area contributed by atoms with Crippen molar-refractivity contribution in [2.45, 2.75) is 26.3 Å². The lowest BCUT2D eigenvalue weighted by molar-refractivity contribution is 0.0697. The molecule has 2 N–H and O–H groups in total. The molecular weight excluding hydrogens is 252 g/mol. The van der Waals surface area contributed by atoms with Crippen LogP contribution < -0.4 is 5.73 Å². The number of carbonyl (C=O) groups is 1. The number of nitrogens with zero attached hydrogens (tertiary/aromatic N) is 1. The first kappa shape index (κ1) is 13.2. The molecule has 1 aliphatic rings. The Morgan fingerprint density at radius 2 is 2.25 bits per heavy atom. The monoisotopic (exact) mass is 272 g/mol. The van der Waals surface area contributed by atoms with Crippen LogP contribution in [0.5, 0.6) is 0 Å². The lowest BCUT2D eigenvalue weighted by atomic mass is 10.0. The molecule has 1 aromatic carbocycles. The zero-order valence-electron chi connectivity index (χ0n) is 11.9. The highest BCUT2D eigenvalue weighted by molar-refractivity contribution is 5.96. The molecule has 0 radical (unpaired) electrons. The molecule has 106 valence electrons. The minimum Gasteiger partial charge on any atom is -0.451 e. The third-order valence-electron chi connectivity index (χ3n) is 4.27. The molecule has 2 aromatic rings. The molecule has 1 aliphatic heterocycles. The molecular formula is C16H20N2O2. The highest BCUT2D eigenvalue weighted by atomic mass is 16.3. The summed E-state index contributed by atoms with van der Waals surface area (Å²) in [5.41, 5.74) is 7.72. The largest absolute Gasteiger partial charge is 0.451 e. The molecule has 0 saturated carbocycles. The zero-order valence-corrected chi connectivity index (χ0v) is 11.9. The summed E-state index contributed by atoms with van der Waals surface area (Å²) in [4.78, 5) is 14.4. The van der Waals surface area contributed by atoms with E-state index < -0.39 is 0 Å². The van der Waals surface area contributed by atoms with Crippen LogP contribution in [0.1, 0.15) is 29.5 Å². The number of likely N-dealkylation sites (tertiary alicyclic amines) is 1. The molecule has 1 amide bonds. The molecule has 1 fully saturated rings. The quantitative estimate of drug-likeness (QED) is 0.914. The second kappa shape index (κ2) is 4.94. The molecule has 2 unspecified atom stereocenters. The minimum absolute atomic E-state index is 0.0429. The fourth-order valence-electron chi connectivity index (χ4n) is 3.03. The Morgan fingerprint density at radius 1 is 1.45 bits per heavy atom. The van der Waals surface area contributed by atoms with Gasteiger partial charge in [0, 0.05) is 24.5 Å². The molecule has 0 spiro atoms. The summed E-state index contributed by atoms with van der Waals surface area (Å²) in [6.07, 6.45) is 1.01. The number of aryl methyl sites for hydroxylation is 1. The van der Waals surface area contributed by atoms with E-state index in [1.807, 2.05) is 36.1 Å². The van der Waals surface area contributed by atoms with Gasteiger partial charge in [-0.1, -0.05) is 18.6 Å². The van der Waals surface area contributed by atoms with Crippen molar-refractivity contribution in [2.24, 2.45) is 11.7 Å². The van der Waals surface area contributed by atoms with Gasteiger partial charge in [0.2, 0.25) is 0 Å². The number of carbonyl (C=O) groups excluding carboxylic acids is 1. The molecule has 4 heteroatoms. The smallest absolute Gasteiger partial charge is 0.289 e. The van der Waals surface area contributed by atoms with E-state index >= 15 is 0 Å². The van der Waals surface area contributed by atoms with E-state index in [0.717, 1.165) is 29.5 Å². The Hall–Kier alpha value is -1.81. The minimum atomic E-state index is -0.0429. The summed E-state index contributed by atoms with van der Waals surface area (Å²) in [6.45, 7) is 5.44. The van der Waals surface area contributed by atoms with Crippen LogP contribution in [-0.2, 0) is 0 Å². The molecule has 20 heavy (non-hydrogen) atoms. The summed E-state index contributed by atoms with van der Waals surface area (Å²) >= 11 is 0. The summed E-state index contributed by atoms with van der Waals surface area (Å²) < 4.78 is 5.69. The number of nitrogens with two attached hydrogens (primary N) is 1. The van der Waals surface area contributed by atoms with Crippen molar-refractivity contribution in [3.63, 3.8) is 0 Å². The van der Waals surface area contributed by atoms with E-state index in [4.69, 9.17) is 10.2 Å². The van der Waals surface area contributed by atoms with E-state index in [-0.39, 0.29) is 11.9 Å². The van der Waals surface area contributed by atoms with E-state index in [1.165, 1.54) is 0 Å². The van der Waals surface area contributed by atoms with Crippen molar-refractivity contribution in [1.82, 2.24) is 4.90 Å². The SMILES string of the molecule is Cc1ccc2oc(C(=O)N3CCC(C)C3CN)cc2c1. The Balaban J connectivity index is 1.92. The topological polar surface area (TPSA) is 59.5 Å². The van der Waals surface area contributed by atoms with Crippen LogP contribution in [-0.4, -0.2) is 29.9 Å². The predicted molar refractivity (Wildman–Crippen MR) is 78.6 cm³/mol. The van der Waals surface area contributed by atoms with Crippen molar-refractivity contribution in [1.29, 1.82) is 0 Å². The average molecular weight is 272 g/mol. The maximum Gasteiger partial charge on any atom is 0.289 e. The Bertz CT molecular complexity index is 647. The summed E-state index contributed by atoms with van der Waals surface area (Å²) in [6, 6.07) is 7.89. The molecule has 2 heterocycles. The fourth-order valence-corrected chi connectivity index (χ4v) is 3.03. The Labute approximate surface area is 118 Å². The summed E-state index contributed by atoms with van der Waals surface area (Å²) in [7, 11) is 0. The number of rotatable bonds is 2. The van der Waals surface area contributed by atoms with Gasteiger partial charge in [-0.15, -0.1) is 0 Å². The molecule has 0 aliphatic carbocycles. The third-order valence-corrected chi connectivity index (χ3v) is 4.27. The number of hydrogen-bond donors (Lipinski definition) is 1. The highest BCUT2D eigenvalue weighted by Crippen LogP contribution is 2.27. The van der Waals surface area contributed by atoms with E-state index in [0.29, 0.717) is 18.2 Å². The fraction of sp³-hybridized carbons (Fsp3) is 0.438. The number of furan rings is 1. The van der Waals surface area contributed by atoms with Crippen LogP contribution in [0, 0.1) is 12.8 Å². The second-order valence-corrected chi connectivity index (χ2v) is 5.72. The molecule has 1 aromatic heterocycles. The first-order valence-corrected chi connectivity index (χ1v) is 7.11. The number of fused-ring (bicyclic) bond motifs is 1. The lowest BCUT2D eigenvalue weighted by Gasteiger charge is -2.24. The normalized spacial score (nSPS) is 22.6. The summed E-state index contributed by atoms with van der Waals surface area (Å²) in [5, 5.41) is 0.977. The predicted octanol–water partition coefficient (Wildman–Crippen LogP) is 2.55. The molecule has 1 saturated heterocycles. The standard InChI is InChI=1S/C16H20N2O2/c1-10-3-4-14-12(7-10)8-15(20-14)16(19)18-6-5-11(2)13(18)9-17/h3-4,7-8,11,13H,5-6,9,17H2,1-2H3. The van der Waals surface area contributed by atoms with Gasteiger partial charge in [0.05, 0.1) is 0 Å². The van der Waals surface area contributed by atoms with E-state index in [1.54, 1.807) is 0 Å². The maximum atomic E-state index is 12.6. The zero-order chi connectivity index (χ0) is 14.3. The van der Waals surface area contributed by atoms with E-state index in [9.17, 15) is 4.79 Å². The number of amides is 1. The lowest BCUT2D eigenvalue weighted by Crippen LogP contribution is -2.42. The summed E-state index contributed by atoms with van der Waals surface area (Å²) in [5.74, 6) is 0.826. The van der Waals surface area contributed by atoms with E-state index in [2.05, 4.69) is 6.92 Å². The van der Waals surface area contributed by atoms with Crippen molar-refractivity contribution >= 4 is 16.9 Å². The van der Waals surface area contributed by atoms with Gasteiger partial charge in [0.25, 0.3) is 5.91 Å². The van der Waals surface area contributed by atoms with Crippen LogP contribution >= 0.6 is 0 Å². The first-order chi connectivity index (χ1) is 9.60. The molecule has 4 nitrogen and oxygen atoms in total. The van der Waals surface area contributed by atoms with Crippen molar-refractivity contribution in [2.75, 3.05) is 13.1 Å². The van der Waals surface area contributed by atoms with Crippen LogP contribution in [0.2, 0.25) is 0 Å². The van der Waals surface area contributed by atoms with Crippen molar-refractivity contribution in [3.05, 3.63) is 35.6 Å². The highest BCUT2D eigenvalue weighted by Gasteiger charge is 2.35. The Kier molecular flexibility index (Phi) is 3.26. The molecule has 0 bridgehead atoms. The van der Waals surface area contributed by atoms with Crippen molar-refractivity contribution in [3.8, 4) is 0 Å². The van der Waals surface area contributed by atoms with Crippen LogP contribution in [0.25, 0.3) is 11.0 Å². The van der Waals surface area contributed by atoms with Gasteiger partial charge in [-0.2, -0.15) is 0 Å². The van der Waals surface area contributed by atoms with Gasteiger partial charge in [0.15, 0.2) is 5.76 Å². The van der Waals surface area contributed by atoms with Gasteiger partial charge in [-0.3, -0.25) is 4.79 Å². The van der Waals surface area contributed by atoms with Crippen molar-refractivity contribution < 1.29 is 9.21 Å². The molecule has 3 rings (SSSR count). The van der Waals surface area contributed by atoms with Gasteiger partial charge in [0.1, 0.15) is 5.58 Å². The van der Waals surface area contributed by atoms with Gasteiger partial charge >= 0.3 is 0 Å². The first-order valence-electron chi connectivity index (χ1n) is 7.11. The third kappa shape index (κ3) is 2.10. The second-order valence-electron chi connectivity index (χ2n) is 5.72. The van der Waals surface area contributed by atoms with Gasteiger partial charge in [-0.25, -0.2) is 0 Å². The molecule has 2 atom stereocenters. The number of benzene rings is 1. The van der Waals surface area contributed by atoms with Gasteiger partial charge in [-0.05, 0) is 37.5 Å². The van der Waals surface area contributed by atoms with Crippen LogP contribution in [0.15, 0.2) is 28.7 Å². The van der Waals surface area contributed by atoms with Gasteiger partial charge < -0.3 is 15.1 Å². The number of hydrogen-bond acceptors (Lipinski definition) is 3. The maximum absolute atomic E-state index is 12.6. The van der Waals surface area contributed by atoms with Crippen LogP contribution in [0.3, 0.4) is 0 Å². The average Bonchev–Trinajstić information content (AvgIpc) is 3.00. The van der Waals surface area contributed by atoms with Crippen LogP contribution in [0.4, 0.5) is 0 Å². The Morgan fingerprint density at radius 3 is 3.00 bits per heavy atom.